The highest BCUT2D eigenvalue weighted by molar-refractivity contribution is 7.86. The van der Waals surface area contributed by atoms with Crippen molar-refractivity contribution in [3.8, 4) is 0 Å². The highest BCUT2D eigenvalue weighted by Gasteiger charge is 2.37. The molecule has 3 rings (SSSR count). The topological polar surface area (TPSA) is 91.4 Å². The number of amides is 1. The zero-order chi connectivity index (χ0) is 18.7. The predicted molar refractivity (Wildman–Crippen MR) is 103 cm³/mol. The third kappa shape index (κ3) is 5.75. The van der Waals surface area contributed by atoms with Gasteiger partial charge in [0.1, 0.15) is 0 Å². The van der Waals surface area contributed by atoms with E-state index in [4.69, 9.17) is 9.47 Å². The summed E-state index contributed by atoms with van der Waals surface area (Å²) in [5.74, 6) is 0.0543. The highest BCUT2D eigenvalue weighted by atomic mass is 35.5. The minimum absolute atomic E-state index is 0. The van der Waals surface area contributed by atoms with Crippen molar-refractivity contribution in [1.82, 2.24) is 18.8 Å². The predicted octanol–water partition coefficient (Wildman–Crippen LogP) is -0.715. The molecule has 1 N–H and O–H groups in total. The van der Waals surface area contributed by atoms with Gasteiger partial charge in [0.05, 0.1) is 25.4 Å². The number of hydrogen-bond acceptors (Lipinski definition) is 6. The molecule has 0 saturated carbocycles. The lowest BCUT2D eigenvalue weighted by Gasteiger charge is -2.40. The Bertz CT molecular complexity index is 584. The molecular weight excluding hydrogens is 396 g/mol. The molecule has 0 spiro atoms. The number of carbonyl (C=O) groups is 1. The molecule has 27 heavy (non-hydrogen) atoms. The minimum atomic E-state index is -3.51. The third-order valence-corrected chi connectivity index (χ3v) is 7.02. The number of halogens is 1. The van der Waals surface area contributed by atoms with E-state index in [2.05, 4.69) is 5.32 Å². The van der Waals surface area contributed by atoms with Crippen molar-refractivity contribution in [3.05, 3.63) is 0 Å². The summed E-state index contributed by atoms with van der Waals surface area (Å²) in [6.45, 7) is 8.05. The molecule has 3 aliphatic rings. The molecule has 158 valence electrons. The second kappa shape index (κ2) is 9.82. The lowest BCUT2D eigenvalue weighted by molar-refractivity contribution is -0.133. The lowest BCUT2D eigenvalue weighted by Crippen LogP contribution is -2.58. The summed E-state index contributed by atoms with van der Waals surface area (Å²) in [5, 5.41) is 3.28. The summed E-state index contributed by atoms with van der Waals surface area (Å²) >= 11 is 0. The Morgan fingerprint density at radius 2 is 1.70 bits per heavy atom. The molecule has 3 heterocycles. The number of nitrogens with one attached hydrogen (secondary N) is 1. The van der Waals surface area contributed by atoms with E-state index >= 15 is 0 Å². The van der Waals surface area contributed by atoms with Crippen molar-refractivity contribution in [2.45, 2.75) is 38.5 Å². The molecule has 3 fully saturated rings. The van der Waals surface area contributed by atoms with Crippen LogP contribution in [0.25, 0.3) is 0 Å². The Hall–Kier alpha value is -0.490. The van der Waals surface area contributed by atoms with E-state index in [-0.39, 0.29) is 36.6 Å². The van der Waals surface area contributed by atoms with Crippen LogP contribution >= 0.6 is 12.4 Å². The molecule has 3 aliphatic heterocycles. The Labute approximate surface area is 167 Å². The fraction of sp³-hybridized carbons (Fsp3) is 0.938. The zero-order valence-corrected chi connectivity index (χ0v) is 17.6. The fourth-order valence-electron chi connectivity index (χ4n) is 3.74. The van der Waals surface area contributed by atoms with Crippen LogP contribution in [0.5, 0.6) is 0 Å². The van der Waals surface area contributed by atoms with Crippen molar-refractivity contribution in [1.29, 1.82) is 0 Å². The molecule has 9 nitrogen and oxygen atoms in total. The van der Waals surface area contributed by atoms with Gasteiger partial charge in [-0.05, 0) is 13.8 Å². The summed E-state index contributed by atoms with van der Waals surface area (Å²) in [7, 11) is -3.51. The van der Waals surface area contributed by atoms with Crippen LogP contribution in [0.15, 0.2) is 0 Å². The minimum Gasteiger partial charge on any atom is -0.378 e. The van der Waals surface area contributed by atoms with Gasteiger partial charge in [0.25, 0.3) is 10.2 Å². The molecule has 0 radical (unpaired) electrons. The number of rotatable bonds is 4. The van der Waals surface area contributed by atoms with Crippen molar-refractivity contribution in [2.75, 3.05) is 59.0 Å². The average molecular weight is 427 g/mol. The SMILES string of the molecule is CC1CN(S(=O)(=O)N2CCN(C(=O)CC3COCCN3)CC2)CC(C)O1.Cl. The van der Waals surface area contributed by atoms with Gasteiger partial charge < -0.3 is 19.7 Å². The first-order valence-corrected chi connectivity index (χ1v) is 10.8. The van der Waals surface area contributed by atoms with Gasteiger partial charge in [-0.2, -0.15) is 17.0 Å². The Balaban J connectivity index is 0.00000261. The number of carbonyl (C=O) groups excluding carboxylic acids is 1. The van der Waals surface area contributed by atoms with Crippen molar-refractivity contribution >= 4 is 28.5 Å². The van der Waals surface area contributed by atoms with Gasteiger partial charge in [-0.25, -0.2) is 0 Å². The van der Waals surface area contributed by atoms with Crippen LogP contribution in [0.2, 0.25) is 0 Å². The summed E-state index contributed by atoms with van der Waals surface area (Å²) in [6.07, 6.45) is 0.175. The van der Waals surface area contributed by atoms with Gasteiger partial charge in [0.15, 0.2) is 0 Å². The molecule has 1 amide bonds. The average Bonchev–Trinajstić information content (AvgIpc) is 2.62. The molecular formula is C16H31ClN4O5S. The van der Waals surface area contributed by atoms with Crippen LogP contribution in [-0.2, 0) is 24.5 Å². The first-order valence-electron chi connectivity index (χ1n) is 9.36. The molecule has 0 aromatic heterocycles. The molecule has 0 bridgehead atoms. The van der Waals surface area contributed by atoms with E-state index in [0.717, 1.165) is 6.54 Å². The molecule has 0 aliphatic carbocycles. The quantitative estimate of drug-likeness (QED) is 0.638. The molecule has 0 aromatic carbocycles. The van der Waals surface area contributed by atoms with Gasteiger partial charge in [0, 0.05) is 58.3 Å². The van der Waals surface area contributed by atoms with Gasteiger partial charge in [-0.3, -0.25) is 4.79 Å². The van der Waals surface area contributed by atoms with Crippen LogP contribution in [-0.4, -0.2) is 105 Å². The van der Waals surface area contributed by atoms with E-state index < -0.39 is 10.2 Å². The van der Waals surface area contributed by atoms with Crippen molar-refractivity contribution < 1.29 is 22.7 Å². The first kappa shape index (κ1) is 22.8. The summed E-state index contributed by atoms with van der Waals surface area (Å²) in [5.41, 5.74) is 0. The Kier molecular flexibility index (Phi) is 8.29. The van der Waals surface area contributed by atoms with E-state index in [9.17, 15) is 13.2 Å². The largest absolute Gasteiger partial charge is 0.378 e. The fourth-order valence-corrected chi connectivity index (χ4v) is 5.49. The van der Waals surface area contributed by atoms with Crippen molar-refractivity contribution in [2.24, 2.45) is 0 Å². The van der Waals surface area contributed by atoms with Crippen LogP contribution in [0.3, 0.4) is 0 Å². The number of nitrogens with zero attached hydrogens (tertiary/aromatic N) is 3. The number of ether oxygens (including phenoxy) is 2. The monoisotopic (exact) mass is 426 g/mol. The summed E-state index contributed by atoms with van der Waals surface area (Å²) < 4.78 is 39.8. The maximum absolute atomic E-state index is 12.9. The second-order valence-electron chi connectivity index (χ2n) is 7.29. The van der Waals surface area contributed by atoms with Crippen LogP contribution < -0.4 is 5.32 Å². The number of hydrogen-bond donors (Lipinski definition) is 1. The van der Waals surface area contributed by atoms with E-state index in [1.807, 2.05) is 13.8 Å². The molecule has 3 atom stereocenters. The van der Waals surface area contributed by atoms with E-state index in [1.54, 1.807) is 4.90 Å². The van der Waals surface area contributed by atoms with Crippen LogP contribution in [0.4, 0.5) is 0 Å². The molecule has 11 heteroatoms. The third-order valence-electron chi connectivity index (χ3n) is 5.05. The number of piperazine rings is 1. The Morgan fingerprint density at radius 1 is 1.07 bits per heavy atom. The first-order chi connectivity index (χ1) is 12.4. The lowest BCUT2D eigenvalue weighted by atomic mass is 10.1. The van der Waals surface area contributed by atoms with E-state index in [1.165, 1.54) is 8.61 Å². The van der Waals surface area contributed by atoms with Crippen LogP contribution in [0.1, 0.15) is 20.3 Å². The summed E-state index contributed by atoms with van der Waals surface area (Å²) in [6, 6.07) is 0.0503. The highest BCUT2D eigenvalue weighted by Crippen LogP contribution is 2.19. The smallest absolute Gasteiger partial charge is 0.282 e. The Morgan fingerprint density at radius 3 is 2.26 bits per heavy atom. The van der Waals surface area contributed by atoms with E-state index in [0.29, 0.717) is 58.9 Å². The normalized spacial score (nSPS) is 31.3. The standard InChI is InChI=1S/C16H30N4O5S.ClH/c1-13-10-20(11-14(2)25-13)26(22,23)19-6-4-18(5-7-19)16(21)9-15-12-24-8-3-17-15;/h13-15,17H,3-12H2,1-2H3;1H. The van der Waals surface area contributed by atoms with Crippen LogP contribution in [0, 0.1) is 0 Å². The molecule has 0 aromatic rings. The zero-order valence-electron chi connectivity index (χ0n) is 16.0. The van der Waals surface area contributed by atoms with Gasteiger partial charge >= 0.3 is 0 Å². The second-order valence-corrected chi connectivity index (χ2v) is 9.22. The molecule has 3 saturated heterocycles. The van der Waals surface area contributed by atoms with Crippen molar-refractivity contribution in [3.63, 3.8) is 0 Å². The van der Waals surface area contributed by atoms with Gasteiger partial charge in [-0.15, -0.1) is 12.4 Å². The molecule has 3 unspecified atom stereocenters. The van der Waals surface area contributed by atoms with Gasteiger partial charge in [-0.1, -0.05) is 0 Å². The summed E-state index contributed by atoms with van der Waals surface area (Å²) in [4.78, 5) is 14.2. The van der Waals surface area contributed by atoms with Gasteiger partial charge in [0.2, 0.25) is 5.91 Å². The maximum atomic E-state index is 12.9. The number of morpholine rings is 2. The maximum Gasteiger partial charge on any atom is 0.282 e.